The minimum absolute atomic E-state index is 0.0991. The summed E-state index contributed by atoms with van der Waals surface area (Å²) in [5.74, 6) is 0.530. The molecule has 0 spiro atoms. The topological polar surface area (TPSA) is 106 Å². The molecule has 0 atom stereocenters. The summed E-state index contributed by atoms with van der Waals surface area (Å²) in [5, 5.41) is 8.50. The molecule has 9 heteroatoms. The molecule has 0 aliphatic heterocycles. The van der Waals surface area contributed by atoms with Crippen molar-refractivity contribution in [1.29, 1.82) is 0 Å². The van der Waals surface area contributed by atoms with Gasteiger partial charge in [-0.05, 0) is 65.6 Å². The predicted octanol–water partition coefficient (Wildman–Crippen LogP) is 6.97. The molecule has 0 heterocycles. The van der Waals surface area contributed by atoms with E-state index in [1.54, 1.807) is 73.8 Å². The zero-order valence-electron chi connectivity index (χ0n) is 25.0. The van der Waals surface area contributed by atoms with Crippen LogP contribution in [-0.2, 0) is 9.59 Å². The second-order valence-corrected chi connectivity index (χ2v) is 11.1. The van der Waals surface area contributed by atoms with E-state index >= 15 is 0 Å². The summed E-state index contributed by atoms with van der Waals surface area (Å²) in [6.07, 6.45) is 1.65. The lowest BCUT2D eigenvalue weighted by atomic mass is 10.0. The van der Waals surface area contributed by atoms with E-state index in [1.165, 1.54) is 24.4 Å². The summed E-state index contributed by atoms with van der Waals surface area (Å²) >= 11 is 1.32. The molecule has 0 bridgehead atoms. The molecule has 4 aromatic carbocycles. The van der Waals surface area contributed by atoms with Crippen LogP contribution < -0.4 is 25.4 Å². The van der Waals surface area contributed by atoms with Gasteiger partial charge < -0.3 is 25.4 Å². The lowest BCUT2D eigenvalue weighted by molar-refractivity contribution is -0.114. The van der Waals surface area contributed by atoms with E-state index in [-0.39, 0.29) is 17.4 Å². The SMILES string of the molecule is COc1ccc(NC(=O)CSc2cccc(NC(=O)/C(=C\c3ccc(C(C)C)cc3)NC(=O)c3ccccc3)c2)c(OC)c1. The van der Waals surface area contributed by atoms with E-state index in [2.05, 4.69) is 29.8 Å². The van der Waals surface area contributed by atoms with E-state index in [0.717, 1.165) is 10.5 Å². The first-order valence-corrected chi connectivity index (χ1v) is 15.0. The Morgan fingerprint density at radius 3 is 2.25 bits per heavy atom. The highest BCUT2D eigenvalue weighted by Gasteiger charge is 2.16. The molecule has 0 fully saturated rings. The normalized spacial score (nSPS) is 11.1. The fourth-order valence-corrected chi connectivity index (χ4v) is 4.94. The van der Waals surface area contributed by atoms with Gasteiger partial charge in [-0.1, -0.05) is 62.4 Å². The molecule has 0 saturated heterocycles. The molecule has 3 amide bonds. The summed E-state index contributed by atoms with van der Waals surface area (Å²) in [5.41, 5.74) is 3.54. The number of hydrogen-bond donors (Lipinski definition) is 3. The van der Waals surface area contributed by atoms with Crippen molar-refractivity contribution in [3.8, 4) is 11.5 Å². The quantitative estimate of drug-likeness (QED) is 0.118. The van der Waals surface area contributed by atoms with E-state index < -0.39 is 11.8 Å². The molecule has 0 aliphatic carbocycles. The number of benzene rings is 4. The third-order valence-electron chi connectivity index (χ3n) is 6.59. The van der Waals surface area contributed by atoms with E-state index in [0.29, 0.717) is 34.4 Å². The average Bonchev–Trinajstić information content (AvgIpc) is 3.04. The Morgan fingerprint density at radius 1 is 0.818 bits per heavy atom. The van der Waals surface area contributed by atoms with Crippen LogP contribution in [0.5, 0.6) is 11.5 Å². The second-order valence-electron chi connectivity index (χ2n) is 10.1. The van der Waals surface area contributed by atoms with Crippen molar-refractivity contribution in [2.75, 3.05) is 30.6 Å². The van der Waals surface area contributed by atoms with Gasteiger partial charge in [-0.3, -0.25) is 14.4 Å². The summed E-state index contributed by atoms with van der Waals surface area (Å²) in [6.45, 7) is 4.22. The lowest BCUT2D eigenvalue weighted by Crippen LogP contribution is -2.30. The second kappa shape index (κ2) is 15.5. The van der Waals surface area contributed by atoms with Gasteiger partial charge in [0.2, 0.25) is 5.91 Å². The summed E-state index contributed by atoms with van der Waals surface area (Å²) in [4.78, 5) is 39.9. The number of carbonyl (C=O) groups is 3. The van der Waals surface area contributed by atoms with Crippen molar-refractivity contribution >= 4 is 46.9 Å². The number of thioether (sulfide) groups is 1. The molecular formula is C35H35N3O5S. The van der Waals surface area contributed by atoms with Gasteiger partial charge in [0.05, 0.1) is 25.7 Å². The highest BCUT2D eigenvalue weighted by atomic mass is 32.2. The molecular weight excluding hydrogens is 574 g/mol. The molecule has 0 unspecified atom stereocenters. The monoisotopic (exact) mass is 609 g/mol. The first-order valence-electron chi connectivity index (χ1n) is 14.0. The van der Waals surface area contributed by atoms with Crippen LogP contribution in [0.1, 0.15) is 41.3 Å². The number of nitrogens with one attached hydrogen (secondary N) is 3. The van der Waals surface area contributed by atoms with Crippen molar-refractivity contribution in [3.05, 3.63) is 119 Å². The Hall–Kier alpha value is -5.02. The van der Waals surface area contributed by atoms with Crippen LogP contribution in [0, 0.1) is 0 Å². The van der Waals surface area contributed by atoms with Crippen molar-refractivity contribution in [2.45, 2.75) is 24.7 Å². The largest absolute Gasteiger partial charge is 0.497 e. The third kappa shape index (κ3) is 8.99. The molecule has 0 saturated carbocycles. The minimum atomic E-state index is -0.478. The van der Waals surface area contributed by atoms with Gasteiger partial charge >= 0.3 is 0 Å². The summed E-state index contributed by atoms with van der Waals surface area (Å²) < 4.78 is 10.6. The predicted molar refractivity (Wildman–Crippen MR) is 176 cm³/mol. The number of methoxy groups -OCH3 is 2. The zero-order valence-corrected chi connectivity index (χ0v) is 25.9. The standard InChI is InChI=1S/C35H35N3O5S/c1-23(2)25-15-13-24(14-16-25)19-31(38-34(40)26-9-6-5-7-10-26)35(41)36-27-11-8-12-29(20-27)44-22-33(39)37-30-18-17-28(42-3)21-32(30)43-4/h5-21,23H,22H2,1-4H3,(H,36,41)(H,37,39)(H,38,40)/b31-19+. The van der Waals surface area contributed by atoms with E-state index in [1.807, 2.05) is 36.4 Å². The van der Waals surface area contributed by atoms with Gasteiger partial charge in [0.1, 0.15) is 17.2 Å². The molecule has 0 radical (unpaired) electrons. The number of anilines is 2. The smallest absolute Gasteiger partial charge is 0.272 e. The van der Waals surface area contributed by atoms with Gasteiger partial charge in [0, 0.05) is 22.2 Å². The van der Waals surface area contributed by atoms with Gasteiger partial charge in [-0.15, -0.1) is 11.8 Å². The molecule has 0 aromatic heterocycles. The maximum absolute atomic E-state index is 13.5. The van der Waals surface area contributed by atoms with Crippen LogP contribution in [-0.4, -0.2) is 37.7 Å². The van der Waals surface area contributed by atoms with Crippen molar-refractivity contribution in [2.24, 2.45) is 0 Å². The van der Waals surface area contributed by atoms with Gasteiger partial charge in [-0.2, -0.15) is 0 Å². The Bertz CT molecular complexity index is 1640. The van der Waals surface area contributed by atoms with Crippen molar-refractivity contribution < 1.29 is 23.9 Å². The molecule has 44 heavy (non-hydrogen) atoms. The van der Waals surface area contributed by atoms with Crippen LogP contribution in [0.4, 0.5) is 11.4 Å². The summed E-state index contributed by atoms with van der Waals surface area (Å²) in [6, 6.07) is 28.9. The van der Waals surface area contributed by atoms with Crippen LogP contribution in [0.15, 0.2) is 108 Å². The number of rotatable bonds is 12. The average molecular weight is 610 g/mol. The molecule has 3 N–H and O–H groups in total. The van der Waals surface area contributed by atoms with Crippen LogP contribution in [0.2, 0.25) is 0 Å². The van der Waals surface area contributed by atoms with Crippen LogP contribution >= 0.6 is 11.8 Å². The van der Waals surface area contributed by atoms with Crippen LogP contribution in [0.25, 0.3) is 6.08 Å². The highest BCUT2D eigenvalue weighted by molar-refractivity contribution is 8.00. The number of amides is 3. The zero-order chi connectivity index (χ0) is 31.5. The Kier molecular flexibility index (Phi) is 11.2. The Balaban J connectivity index is 1.45. The molecule has 0 aliphatic rings. The molecule has 4 rings (SSSR count). The van der Waals surface area contributed by atoms with E-state index in [4.69, 9.17) is 9.47 Å². The van der Waals surface area contributed by atoms with Crippen molar-refractivity contribution in [3.63, 3.8) is 0 Å². The minimum Gasteiger partial charge on any atom is -0.497 e. The van der Waals surface area contributed by atoms with Gasteiger partial charge in [-0.25, -0.2) is 0 Å². The molecule has 8 nitrogen and oxygen atoms in total. The third-order valence-corrected chi connectivity index (χ3v) is 7.58. The Labute approximate surface area is 261 Å². The first-order chi connectivity index (χ1) is 21.2. The number of hydrogen-bond acceptors (Lipinski definition) is 6. The van der Waals surface area contributed by atoms with Gasteiger partial charge in [0.25, 0.3) is 11.8 Å². The maximum atomic E-state index is 13.5. The number of carbonyl (C=O) groups excluding carboxylic acids is 3. The number of ether oxygens (including phenoxy) is 2. The maximum Gasteiger partial charge on any atom is 0.272 e. The fourth-order valence-electron chi connectivity index (χ4n) is 4.19. The molecule has 4 aromatic rings. The van der Waals surface area contributed by atoms with Crippen molar-refractivity contribution in [1.82, 2.24) is 5.32 Å². The fraction of sp³-hybridized carbons (Fsp3) is 0.171. The molecule has 226 valence electrons. The van der Waals surface area contributed by atoms with E-state index in [9.17, 15) is 14.4 Å². The summed E-state index contributed by atoms with van der Waals surface area (Å²) in [7, 11) is 3.08. The van der Waals surface area contributed by atoms with Gasteiger partial charge in [0.15, 0.2) is 0 Å². The lowest BCUT2D eigenvalue weighted by Gasteiger charge is -2.13. The highest BCUT2D eigenvalue weighted by Crippen LogP contribution is 2.30. The first kappa shape index (κ1) is 31.9. The Morgan fingerprint density at radius 2 is 1.57 bits per heavy atom. The van der Waals surface area contributed by atoms with Crippen LogP contribution in [0.3, 0.4) is 0 Å².